The molecule has 1 unspecified atom stereocenters. The maximum atomic E-state index is 4.09. The summed E-state index contributed by atoms with van der Waals surface area (Å²) in [6.07, 6.45) is 12.6. The predicted molar refractivity (Wildman–Crippen MR) is 80.2 cm³/mol. The average Bonchev–Trinajstić information content (AvgIpc) is 2.94. The summed E-state index contributed by atoms with van der Waals surface area (Å²) in [5.74, 6) is 0. The molecule has 3 nitrogen and oxygen atoms in total. The first-order valence-electron chi connectivity index (χ1n) is 7.44. The first-order chi connectivity index (χ1) is 9.92. The highest BCUT2D eigenvalue weighted by atomic mass is 15.2. The number of aryl methyl sites for hydroxylation is 1. The quantitative estimate of drug-likeness (QED) is 0.833. The lowest BCUT2D eigenvalue weighted by Gasteiger charge is -2.24. The minimum atomic E-state index is 0.719. The lowest BCUT2D eigenvalue weighted by atomic mass is 10.0. The van der Waals surface area contributed by atoms with Crippen molar-refractivity contribution in [3.8, 4) is 0 Å². The van der Waals surface area contributed by atoms with Crippen LogP contribution >= 0.6 is 0 Å². The third kappa shape index (κ3) is 3.42. The second kappa shape index (κ2) is 6.62. The fourth-order valence-corrected chi connectivity index (χ4v) is 3.04. The third-order valence-corrected chi connectivity index (χ3v) is 4.15. The summed E-state index contributed by atoms with van der Waals surface area (Å²) in [6, 6.07) is 9.22. The van der Waals surface area contributed by atoms with E-state index in [0.29, 0.717) is 0 Å². The van der Waals surface area contributed by atoms with E-state index in [4.69, 9.17) is 0 Å². The van der Waals surface area contributed by atoms with Crippen LogP contribution in [0.3, 0.4) is 0 Å². The van der Waals surface area contributed by atoms with Crippen LogP contribution in [0.4, 0.5) is 0 Å². The molecule has 20 heavy (non-hydrogen) atoms. The number of rotatable bonds is 5. The molecule has 0 spiro atoms. The smallest absolute Gasteiger partial charge is 0.0271 e. The molecule has 3 heteroatoms. The molecule has 0 aliphatic carbocycles. The van der Waals surface area contributed by atoms with E-state index in [-0.39, 0.29) is 0 Å². The SMILES string of the molecule is c1cc(CCC2CCCN2Cc2ccncc2)ccn1. The van der Waals surface area contributed by atoms with Crippen molar-refractivity contribution >= 4 is 0 Å². The molecule has 0 radical (unpaired) electrons. The largest absolute Gasteiger partial charge is 0.296 e. The summed E-state index contributed by atoms with van der Waals surface area (Å²) in [6.45, 7) is 2.28. The molecule has 0 N–H and O–H groups in total. The van der Waals surface area contributed by atoms with E-state index >= 15 is 0 Å². The minimum absolute atomic E-state index is 0.719. The molecule has 0 amide bonds. The zero-order valence-corrected chi connectivity index (χ0v) is 11.8. The van der Waals surface area contributed by atoms with E-state index in [1.165, 1.54) is 36.9 Å². The summed E-state index contributed by atoms with van der Waals surface area (Å²) >= 11 is 0. The van der Waals surface area contributed by atoms with Gasteiger partial charge in [-0.25, -0.2) is 0 Å². The summed E-state index contributed by atoms with van der Waals surface area (Å²) in [4.78, 5) is 10.8. The highest BCUT2D eigenvalue weighted by Gasteiger charge is 2.23. The van der Waals surface area contributed by atoms with E-state index in [0.717, 1.165) is 19.0 Å². The van der Waals surface area contributed by atoms with Gasteiger partial charge in [-0.2, -0.15) is 0 Å². The number of hydrogen-bond acceptors (Lipinski definition) is 3. The molecule has 1 saturated heterocycles. The van der Waals surface area contributed by atoms with Gasteiger partial charge in [-0.05, 0) is 67.6 Å². The summed E-state index contributed by atoms with van der Waals surface area (Å²) in [5, 5.41) is 0. The second-order valence-electron chi connectivity index (χ2n) is 5.52. The number of nitrogens with zero attached hydrogens (tertiary/aromatic N) is 3. The van der Waals surface area contributed by atoms with Crippen LogP contribution in [-0.2, 0) is 13.0 Å². The van der Waals surface area contributed by atoms with Crippen molar-refractivity contribution in [2.75, 3.05) is 6.54 Å². The van der Waals surface area contributed by atoms with Gasteiger partial charge in [-0.1, -0.05) is 0 Å². The monoisotopic (exact) mass is 267 g/mol. The second-order valence-corrected chi connectivity index (χ2v) is 5.52. The molecule has 1 atom stereocenters. The zero-order chi connectivity index (χ0) is 13.6. The molecule has 0 aromatic carbocycles. The van der Waals surface area contributed by atoms with Crippen molar-refractivity contribution in [2.24, 2.45) is 0 Å². The maximum absolute atomic E-state index is 4.09. The van der Waals surface area contributed by atoms with Crippen molar-refractivity contribution in [3.05, 3.63) is 60.2 Å². The Labute approximate surface area is 120 Å². The molecule has 2 aromatic heterocycles. The zero-order valence-electron chi connectivity index (χ0n) is 11.8. The summed E-state index contributed by atoms with van der Waals surface area (Å²) in [7, 11) is 0. The molecule has 2 aromatic rings. The first kappa shape index (κ1) is 13.3. The van der Waals surface area contributed by atoms with Crippen LogP contribution in [-0.4, -0.2) is 27.5 Å². The maximum Gasteiger partial charge on any atom is 0.0271 e. The van der Waals surface area contributed by atoms with Crippen molar-refractivity contribution in [2.45, 2.75) is 38.3 Å². The third-order valence-electron chi connectivity index (χ3n) is 4.15. The molecule has 104 valence electrons. The Balaban J connectivity index is 1.56. The molecule has 0 saturated carbocycles. The lowest BCUT2D eigenvalue weighted by Crippen LogP contribution is -2.29. The van der Waals surface area contributed by atoms with E-state index in [9.17, 15) is 0 Å². The van der Waals surface area contributed by atoms with E-state index in [1.54, 1.807) is 0 Å². The summed E-state index contributed by atoms with van der Waals surface area (Å²) < 4.78 is 0. The Morgan fingerprint density at radius 2 is 1.60 bits per heavy atom. The molecular formula is C17H21N3. The molecule has 3 heterocycles. The highest BCUT2D eigenvalue weighted by molar-refractivity contribution is 5.11. The van der Waals surface area contributed by atoms with Gasteiger partial charge in [0.1, 0.15) is 0 Å². The van der Waals surface area contributed by atoms with Gasteiger partial charge in [0.2, 0.25) is 0 Å². The van der Waals surface area contributed by atoms with Gasteiger partial charge < -0.3 is 0 Å². The van der Waals surface area contributed by atoms with Crippen molar-refractivity contribution in [1.29, 1.82) is 0 Å². The van der Waals surface area contributed by atoms with Gasteiger partial charge in [0, 0.05) is 37.4 Å². The fraction of sp³-hybridized carbons (Fsp3) is 0.412. The normalized spacial score (nSPS) is 19.3. The molecule has 1 aliphatic heterocycles. The minimum Gasteiger partial charge on any atom is -0.296 e. The van der Waals surface area contributed by atoms with Gasteiger partial charge in [0.25, 0.3) is 0 Å². The standard InChI is InChI=1S/C17H21N3/c1-2-17(4-3-15-5-9-18-10-6-15)20(13-1)14-16-7-11-19-12-8-16/h5-12,17H,1-4,13-14H2. The van der Waals surface area contributed by atoms with E-state index in [2.05, 4.69) is 39.1 Å². The van der Waals surface area contributed by atoms with Crippen LogP contribution < -0.4 is 0 Å². The number of pyridine rings is 2. The molecule has 3 rings (SSSR count). The van der Waals surface area contributed by atoms with E-state index in [1.807, 2.05) is 24.8 Å². The molecule has 1 aliphatic rings. The van der Waals surface area contributed by atoms with Gasteiger partial charge >= 0.3 is 0 Å². The van der Waals surface area contributed by atoms with Crippen LogP contribution in [0.15, 0.2) is 49.1 Å². The highest BCUT2D eigenvalue weighted by Crippen LogP contribution is 2.23. The van der Waals surface area contributed by atoms with Gasteiger partial charge in [-0.15, -0.1) is 0 Å². The van der Waals surface area contributed by atoms with Crippen molar-refractivity contribution < 1.29 is 0 Å². The van der Waals surface area contributed by atoms with Crippen LogP contribution in [0.25, 0.3) is 0 Å². The Kier molecular flexibility index (Phi) is 4.38. The first-order valence-corrected chi connectivity index (χ1v) is 7.44. The van der Waals surface area contributed by atoms with Crippen LogP contribution in [0.2, 0.25) is 0 Å². The van der Waals surface area contributed by atoms with Crippen LogP contribution in [0, 0.1) is 0 Å². The Hall–Kier alpha value is -1.74. The number of aromatic nitrogens is 2. The van der Waals surface area contributed by atoms with Crippen molar-refractivity contribution in [1.82, 2.24) is 14.9 Å². The van der Waals surface area contributed by atoms with Crippen LogP contribution in [0.1, 0.15) is 30.4 Å². The predicted octanol–water partition coefficient (Wildman–Crippen LogP) is 3.07. The lowest BCUT2D eigenvalue weighted by molar-refractivity contribution is 0.234. The number of likely N-dealkylation sites (tertiary alicyclic amines) is 1. The average molecular weight is 267 g/mol. The number of hydrogen-bond donors (Lipinski definition) is 0. The Bertz CT molecular complexity index is 512. The van der Waals surface area contributed by atoms with Crippen molar-refractivity contribution in [3.63, 3.8) is 0 Å². The fourth-order valence-electron chi connectivity index (χ4n) is 3.04. The molecule has 0 bridgehead atoms. The van der Waals surface area contributed by atoms with Crippen LogP contribution in [0.5, 0.6) is 0 Å². The Morgan fingerprint density at radius 3 is 2.30 bits per heavy atom. The molecule has 1 fully saturated rings. The topological polar surface area (TPSA) is 29.0 Å². The molecular weight excluding hydrogens is 246 g/mol. The summed E-state index contributed by atoms with van der Waals surface area (Å²) in [5.41, 5.74) is 2.77. The van der Waals surface area contributed by atoms with Gasteiger partial charge in [0.15, 0.2) is 0 Å². The Morgan fingerprint density at radius 1 is 0.950 bits per heavy atom. The van der Waals surface area contributed by atoms with Gasteiger partial charge in [-0.3, -0.25) is 14.9 Å². The van der Waals surface area contributed by atoms with Gasteiger partial charge in [0.05, 0.1) is 0 Å². The van der Waals surface area contributed by atoms with E-state index < -0.39 is 0 Å².